The number of benzene rings is 1. The summed E-state index contributed by atoms with van der Waals surface area (Å²) in [6, 6.07) is 6.37. The lowest BCUT2D eigenvalue weighted by Gasteiger charge is -2.15. The summed E-state index contributed by atoms with van der Waals surface area (Å²) in [4.78, 5) is 0.0953. The number of hydrogen-bond acceptors (Lipinski definition) is 4. The highest BCUT2D eigenvalue weighted by molar-refractivity contribution is 9.10. The molecule has 0 radical (unpaired) electrons. The van der Waals surface area contributed by atoms with Gasteiger partial charge in [-0.3, -0.25) is 0 Å². The SMILES string of the molecule is Cl.N#Cc1cc(Br)cc(S(=O)(=O)NCC2=CCNCC2)c1. The average molecular weight is 393 g/mol. The van der Waals surface area contributed by atoms with Gasteiger partial charge in [0.15, 0.2) is 0 Å². The molecule has 0 aliphatic carbocycles. The highest BCUT2D eigenvalue weighted by Gasteiger charge is 2.16. The van der Waals surface area contributed by atoms with Crippen molar-refractivity contribution < 1.29 is 8.42 Å². The van der Waals surface area contributed by atoms with Crippen LogP contribution < -0.4 is 10.0 Å². The predicted molar refractivity (Wildman–Crippen MR) is 86.9 cm³/mol. The van der Waals surface area contributed by atoms with Crippen LogP contribution in [-0.4, -0.2) is 28.1 Å². The molecule has 0 spiro atoms. The largest absolute Gasteiger partial charge is 0.313 e. The van der Waals surface area contributed by atoms with Crippen molar-refractivity contribution in [1.29, 1.82) is 5.26 Å². The average Bonchev–Trinajstić information content (AvgIpc) is 2.45. The standard InChI is InChI=1S/C13H14BrN3O2S.ClH/c14-12-5-11(8-15)6-13(7-12)20(18,19)17-9-10-1-3-16-4-2-10;/h1,5-7,16-17H,2-4,9H2;1H. The van der Waals surface area contributed by atoms with E-state index in [4.69, 9.17) is 5.26 Å². The van der Waals surface area contributed by atoms with Crippen LogP contribution in [0.3, 0.4) is 0 Å². The van der Waals surface area contributed by atoms with Gasteiger partial charge in [-0.25, -0.2) is 13.1 Å². The minimum absolute atomic E-state index is 0. The molecule has 0 aromatic heterocycles. The maximum absolute atomic E-state index is 12.2. The molecular weight excluding hydrogens is 378 g/mol. The van der Waals surface area contributed by atoms with Crippen molar-refractivity contribution in [3.8, 4) is 6.07 Å². The quantitative estimate of drug-likeness (QED) is 0.767. The van der Waals surface area contributed by atoms with Gasteiger partial charge in [-0.1, -0.05) is 27.6 Å². The Balaban J connectivity index is 0.00000220. The molecule has 5 nitrogen and oxygen atoms in total. The fourth-order valence-electron chi connectivity index (χ4n) is 1.88. The van der Waals surface area contributed by atoms with E-state index in [9.17, 15) is 8.42 Å². The summed E-state index contributed by atoms with van der Waals surface area (Å²) in [6.07, 6.45) is 2.83. The molecule has 0 bridgehead atoms. The molecule has 0 saturated carbocycles. The highest BCUT2D eigenvalue weighted by Crippen LogP contribution is 2.19. The fraction of sp³-hybridized carbons (Fsp3) is 0.308. The van der Waals surface area contributed by atoms with Crippen molar-refractivity contribution in [3.05, 3.63) is 39.9 Å². The number of nitrogens with one attached hydrogen (secondary N) is 2. The zero-order valence-corrected chi connectivity index (χ0v) is 14.3. The van der Waals surface area contributed by atoms with E-state index in [1.807, 2.05) is 12.1 Å². The van der Waals surface area contributed by atoms with E-state index in [1.54, 1.807) is 6.07 Å². The normalized spacial score (nSPS) is 14.8. The first-order chi connectivity index (χ1) is 9.51. The van der Waals surface area contributed by atoms with Crippen LogP contribution in [0.2, 0.25) is 0 Å². The fourth-order valence-corrected chi connectivity index (χ4v) is 3.63. The van der Waals surface area contributed by atoms with Crippen molar-refractivity contribution in [3.63, 3.8) is 0 Å². The Kier molecular flexibility index (Phi) is 6.84. The number of nitriles is 1. The Hall–Kier alpha value is -0.910. The van der Waals surface area contributed by atoms with E-state index in [0.717, 1.165) is 25.1 Å². The van der Waals surface area contributed by atoms with Crippen LogP contribution in [0.4, 0.5) is 0 Å². The third kappa shape index (κ3) is 5.09. The lowest BCUT2D eigenvalue weighted by Crippen LogP contribution is -2.29. The van der Waals surface area contributed by atoms with E-state index in [-0.39, 0.29) is 17.3 Å². The van der Waals surface area contributed by atoms with Crippen LogP contribution in [0, 0.1) is 11.3 Å². The van der Waals surface area contributed by atoms with E-state index in [0.29, 0.717) is 16.6 Å². The van der Waals surface area contributed by atoms with Crippen molar-refractivity contribution in [2.75, 3.05) is 19.6 Å². The molecule has 1 heterocycles. The van der Waals surface area contributed by atoms with Gasteiger partial charge in [0, 0.05) is 17.6 Å². The second-order valence-corrected chi connectivity index (χ2v) is 7.11. The van der Waals surface area contributed by atoms with Crippen LogP contribution in [-0.2, 0) is 10.0 Å². The van der Waals surface area contributed by atoms with E-state index in [2.05, 4.69) is 26.0 Å². The van der Waals surface area contributed by atoms with E-state index >= 15 is 0 Å². The lowest BCUT2D eigenvalue weighted by molar-refractivity contribution is 0.582. The molecule has 1 aliphatic heterocycles. The summed E-state index contributed by atoms with van der Waals surface area (Å²) < 4.78 is 27.6. The molecule has 2 N–H and O–H groups in total. The minimum atomic E-state index is -3.61. The molecule has 21 heavy (non-hydrogen) atoms. The Bertz CT molecular complexity index is 683. The number of sulfonamides is 1. The highest BCUT2D eigenvalue weighted by atomic mass is 79.9. The number of hydrogen-bond donors (Lipinski definition) is 2. The smallest absolute Gasteiger partial charge is 0.240 e. The van der Waals surface area contributed by atoms with Crippen molar-refractivity contribution in [1.82, 2.24) is 10.0 Å². The molecule has 0 atom stereocenters. The molecule has 2 rings (SSSR count). The lowest BCUT2D eigenvalue weighted by atomic mass is 10.1. The van der Waals surface area contributed by atoms with Gasteiger partial charge in [0.25, 0.3) is 0 Å². The molecule has 0 fully saturated rings. The molecule has 114 valence electrons. The molecule has 0 unspecified atom stereocenters. The zero-order valence-electron chi connectivity index (χ0n) is 11.1. The van der Waals surface area contributed by atoms with Crippen LogP contribution >= 0.6 is 28.3 Å². The maximum Gasteiger partial charge on any atom is 0.240 e. The number of nitrogens with zero attached hydrogens (tertiary/aromatic N) is 1. The second-order valence-electron chi connectivity index (χ2n) is 4.43. The van der Waals surface area contributed by atoms with Crippen LogP contribution in [0.15, 0.2) is 39.2 Å². The Morgan fingerprint density at radius 3 is 2.76 bits per heavy atom. The first-order valence-corrected chi connectivity index (χ1v) is 8.38. The number of rotatable bonds is 4. The molecule has 1 aliphatic rings. The number of halogens is 2. The second kappa shape index (κ2) is 7.92. The van der Waals surface area contributed by atoms with E-state index < -0.39 is 10.0 Å². The summed E-state index contributed by atoms with van der Waals surface area (Å²) in [7, 11) is -3.61. The maximum atomic E-state index is 12.2. The summed E-state index contributed by atoms with van der Waals surface area (Å²) in [5.41, 5.74) is 1.38. The Labute approximate surface area is 139 Å². The van der Waals surface area contributed by atoms with Crippen LogP contribution in [0.1, 0.15) is 12.0 Å². The van der Waals surface area contributed by atoms with Crippen LogP contribution in [0.5, 0.6) is 0 Å². The molecular formula is C13H15BrClN3O2S. The summed E-state index contributed by atoms with van der Waals surface area (Å²) in [5, 5.41) is 12.1. The molecule has 8 heteroatoms. The van der Waals surface area contributed by atoms with Crippen molar-refractivity contribution in [2.24, 2.45) is 0 Å². The van der Waals surface area contributed by atoms with Crippen molar-refractivity contribution in [2.45, 2.75) is 11.3 Å². The minimum Gasteiger partial charge on any atom is -0.313 e. The van der Waals surface area contributed by atoms with Crippen LogP contribution in [0.25, 0.3) is 0 Å². The third-order valence-electron chi connectivity index (χ3n) is 2.96. The van der Waals surface area contributed by atoms with Gasteiger partial charge in [0.2, 0.25) is 10.0 Å². The zero-order chi connectivity index (χ0) is 14.6. The third-order valence-corrected chi connectivity index (χ3v) is 4.80. The summed E-state index contributed by atoms with van der Waals surface area (Å²) >= 11 is 3.21. The molecule has 0 amide bonds. The first kappa shape index (κ1) is 18.1. The monoisotopic (exact) mass is 391 g/mol. The van der Waals surface area contributed by atoms with Gasteiger partial charge < -0.3 is 5.32 Å². The van der Waals surface area contributed by atoms with Crippen molar-refractivity contribution >= 4 is 38.4 Å². The van der Waals surface area contributed by atoms with E-state index in [1.165, 1.54) is 12.1 Å². The van der Waals surface area contributed by atoms with Gasteiger partial charge in [-0.15, -0.1) is 12.4 Å². The first-order valence-electron chi connectivity index (χ1n) is 6.10. The predicted octanol–water partition coefficient (Wildman–Crippen LogP) is 1.94. The summed E-state index contributed by atoms with van der Waals surface area (Å²) in [6.45, 7) is 1.94. The van der Waals surface area contributed by atoms with Gasteiger partial charge >= 0.3 is 0 Å². The topological polar surface area (TPSA) is 82.0 Å². The molecule has 1 aromatic carbocycles. The van der Waals surface area contributed by atoms with Gasteiger partial charge in [-0.2, -0.15) is 5.26 Å². The van der Waals surface area contributed by atoms with Gasteiger partial charge in [0.1, 0.15) is 0 Å². The van der Waals surface area contributed by atoms with Gasteiger partial charge in [0.05, 0.1) is 16.5 Å². The molecule has 0 saturated heterocycles. The molecule has 1 aromatic rings. The summed E-state index contributed by atoms with van der Waals surface area (Å²) in [5.74, 6) is 0. The van der Waals surface area contributed by atoms with Gasteiger partial charge in [-0.05, 0) is 31.2 Å². The Morgan fingerprint density at radius 1 is 1.38 bits per heavy atom. The Morgan fingerprint density at radius 2 is 2.14 bits per heavy atom.